The molecule has 2 aliphatic carbocycles. The van der Waals surface area contributed by atoms with Crippen LogP contribution in [0.2, 0.25) is 0 Å². The maximum atomic E-state index is 3.42. The van der Waals surface area contributed by atoms with Gasteiger partial charge in [0.05, 0.1) is 0 Å². The van der Waals surface area contributed by atoms with Gasteiger partial charge in [-0.25, -0.2) is 0 Å². The van der Waals surface area contributed by atoms with Crippen LogP contribution in [0.15, 0.2) is 6.08 Å². The molecule has 11 heavy (non-hydrogen) atoms. The van der Waals surface area contributed by atoms with Gasteiger partial charge in [-0.05, 0) is 43.6 Å². The van der Waals surface area contributed by atoms with Crippen molar-refractivity contribution in [1.82, 2.24) is 0 Å². The molecule has 1 spiro atoms. The fourth-order valence-electron chi connectivity index (χ4n) is 2.59. The molecule has 0 aromatic rings. The highest BCUT2D eigenvalue weighted by molar-refractivity contribution is 4.94. The molecular weight excluding hydrogens is 132 g/mol. The summed E-state index contributed by atoms with van der Waals surface area (Å²) in [6.07, 6.45) is 17.0. The largest absolute Gasteiger partial charge is 0.0810 e. The van der Waals surface area contributed by atoms with Crippen LogP contribution in [0.3, 0.4) is 0 Å². The van der Waals surface area contributed by atoms with Gasteiger partial charge in [0.15, 0.2) is 0 Å². The lowest BCUT2D eigenvalue weighted by molar-refractivity contribution is 0.167. The molecule has 0 bridgehead atoms. The Morgan fingerprint density at radius 1 is 1.00 bits per heavy atom. The van der Waals surface area contributed by atoms with Crippen molar-refractivity contribution in [3.63, 3.8) is 0 Å². The van der Waals surface area contributed by atoms with Gasteiger partial charge in [0.25, 0.3) is 0 Å². The second kappa shape index (κ2) is 3.00. The van der Waals surface area contributed by atoms with Crippen molar-refractivity contribution in [1.29, 1.82) is 0 Å². The lowest BCUT2D eigenvalue weighted by Gasteiger charge is -2.38. The summed E-state index contributed by atoms with van der Waals surface area (Å²) in [6.45, 7) is 0. The molecule has 1 radical (unpaired) electrons. The Morgan fingerprint density at radius 2 is 1.82 bits per heavy atom. The Labute approximate surface area is 69.7 Å². The van der Waals surface area contributed by atoms with Crippen molar-refractivity contribution < 1.29 is 0 Å². The van der Waals surface area contributed by atoms with Gasteiger partial charge in [0, 0.05) is 0 Å². The van der Waals surface area contributed by atoms with Crippen molar-refractivity contribution >= 4 is 0 Å². The highest BCUT2D eigenvalue weighted by Gasteiger charge is 2.31. The molecule has 0 aliphatic heterocycles. The molecule has 0 saturated heterocycles. The third kappa shape index (κ3) is 1.50. The predicted octanol–water partition coefficient (Wildman–Crippen LogP) is 3.48. The van der Waals surface area contributed by atoms with Crippen LogP contribution in [0.5, 0.6) is 0 Å². The van der Waals surface area contributed by atoms with E-state index in [0.717, 1.165) is 0 Å². The molecule has 2 rings (SSSR count). The highest BCUT2D eigenvalue weighted by atomic mass is 14.4. The van der Waals surface area contributed by atoms with Gasteiger partial charge in [0.1, 0.15) is 0 Å². The lowest BCUT2D eigenvalue weighted by atomic mass is 9.67. The molecule has 2 aliphatic rings. The number of hydrogen-bond donors (Lipinski definition) is 0. The Balaban J connectivity index is 2.01. The van der Waals surface area contributed by atoms with E-state index in [1.165, 1.54) is 51.4 Å². The van der Waals surface area contributed by atoms with Gasteiger partial charge in [-0.15, -0.1) is 0 Å². The summed E-state index contributed by atoms with van der Waals surface area (Å²) >= 11 is 0. The van der Waals surface area contributed by atoms with Crippen LogP contribution in [0.1, 0.15) is 51.4 Å². The monoisotopic (exact) mass is 149 g/mol. The van der Waals surface area contributed by atoms with E-state index in [9.17, 15) is 0 Å². The van der Waals surface area contributed by atoms with E-state index in [1.807, 2.05) is 0 Å². The van der Waals surface area contributed by atoms with Crippen LogP contribution in [-0.4, -0.2) is 0 Å². The zero-order valence-electron chi connectivity index (χ0n) is 7.23. The molecule has 0 heterocycles. The van der Waals surface area contributed by atoms with Gasteiger partial charge >= 0.3 is 0 Å². The van der Waals surface area contributed by atoms with E-state index in [0.29, 0.717) is 5.41 Å². The maximum Gasteiger partial charge on any atom is -0.0222 e. The van der Waals surface area contributed by atoms with Gasteiger partial charge in [-0.3, -0.25) is 0 Å². The summed E-state index contributed by atoms with van der Waals surface area (Å²) < 4.78 is 0. The molecule has 0 aromatic heterocycles. The second-order valence-electron chi connectivity index (χ2n) is 4.18. The van der Waals surface area contributed by atoms with Gasteiger partial charge in [0.2, 0.25) is 0 Å². The Morgan fingerprint density at radius 3 is 2.45 bits per heavy atom. The van der Waals surface area contributed by atoms with E-state index in [1.54, 1.807) is 0 Å². The first-order valence-corrected chi connectivity index (χ1v) is 4.96. The van der Waals surface area contributed by atoms with E-state index in [4.69, 9.17) is 0 Å². The summed E-state index contributed by atoms with van der Waals surface area (Å²) in [7, 11) is 0. The SMILES string of the molecule is [C]1=CCCC2(C1)CCCCC2. The fourth-order valence-corrected chi connectivity index (χ4v) is 2.59. The van der Waals surface area contributed by atoms with Crippen LogP contribution in [-0.2, 0) is 0 Å². The fraction of sp³-hybridized carbons (Fsp3) is 0.818. The molecular formula is C11H17. The van der Waals surface area contributed by atoms with E-state index in [2.05, 4.69) is 12.2 Å². The topological polar surface area (TPSA) is 0 Å². The maximum absolute atomic E-state index is 3.42. The third-order valence-electron chi connectivity index (χ3n) is 3.35. The first-order chi connectivity index (χ1) is 5.41. The van der Waals surface area contributed by atoms with Gasteiger partial charge in [-0.1, -0.05) is 25.3 Å². The van der Waals surface area contributed by atoms with Crippen molar-refractivity contribution in [3.05, 3.63) is 12.2 Å². The van der Waals surface area contributed by atoms with Crippen molar-refractivity contribution in [2.24, 2.45) is 5.41 Å². The van der Waals surface area contributed by atoms with Crippen molar-refractivity contribution in [2.75, 3.05) is 0 Å². The zero-order chi connectivity index (χ0) is 7.57. The molecule has 0 amide bonds. The molecule has 1 saturated carbocycles. The number of hydrogen-bond acceptors (Lipinski definition) is 0. The van der Waals surface area contributed by atoms with Gasteiger partial charge < -0.3 is 0 Å². The Hall–Kier alpha value is -0.260. The molecule has 0 heteroatoms. The predicted molar refractivity (Wildman–Crippen MR) is 47.2 cm³/mol. The Kier molecular flexibility index (Phi) is 2.02. The summed E-state index contributed by atoms with van der Waals surface area (Å²) in [5.74, 6) is 0. The van der Waals surface area contributed by atoms with Gasteiger partial charge in [-0.2, -0.15) is 0 Å². The minimum absolute atomic E-state index is 0.715. The van der Waals surface area contributed by atoms with Crippen LogP contribution in [0.25, 0.3) is 0 Å². The molecule has 1 fully saturated rings. The minimum atomic E-state index is 0.715. The average Bonchev–Trinajstić information content (AvgIpc) is 2.07. The summed E-state index contributed by atoms with van der Waals surface area (Å²) in [4.78, 5) is 0. The summed E-state index contributed by atoms with van der Waals surface area (Å²) in [6, 6.07) is 0. The lowest BCUT2D eigenvalue weighted by Crippen LogP contribution is -2.24. The van der Waals surface area contributed by atoms with E-state index >= 15 is 0 Å². The highest BCUT2D eigenvalue weighted by Crippen LogP contribution is 2.44. The summed E-state index contributed by atoms with van der Waals surface area (Å²) in [5.41, 5.74) is 0.715. The zero-order valence-corrected chi connectivity index (χ0v) is 7.23. The van der Waals surface area contributed by atoms with E-state index in [-0.39, 0.29) is 0 Å². The summed E-state index contributed by atoms with van der Waals surface area (Å²) in [5, 5.41) is 0. The Bertz CT molecular complexity index is 149. The molecule has 61 valence electrons. The minimum Gasteiger partial charge on any atom is -0.0810 e. The second-order valence-corrected chi connectivity index (χ2v) is 4.18. The molecule has 0 unspecified atom stereocenters. The quantitative estimate of drug-likeness (QED) is 0.494. The molecule has 0 N–H and O–H groups in total. The van der Waals surface area contributed by atoms with Crippen LogP contribution < -0.4 is 0 Å². The van der Waals surface area contributed by atoms with Crippen molar-refractivity contribution in [3.8, 4) is 0 Å². The van der Waals surface area contributed by atoms with Crippen LogP contribution in [0, 0.1) is 11.5 Å². The number of rotatable bonds is 0. The van der Waals surface area contributed by atoms with Crippen LogP contribution in [0.4, 0.5) is 0 Å². The first kappa shape index (κ1) is 7.39. The third-order valence-corrected chi connectivity index (χ3v) is 3.35. The standard InChI is InChI=1S/C11H17/c1-3-7-11(8-4-1)9-5-2-6-10-11/h1H,2-3,5-10H2. The number of allylic oxidation sites excluding steroid dienone is 2. The average molecular weight is 149 g/mol. The van der Waals surface area contributed by atoms with Crippen LogP contribution >= 0.6 is 0 Å². The van der Waals surface area contributed by atoms with Crippen molar-refractivity contribution in [2.45, 2.75) is 51.4 Å². The molecule has 0 nitrogen and oxygen atoms in total. The smallest absolute Gasteiger partial charge is 0.0222 e. The normalized spacial score (nSPS) is 29.1. The molecule has 0 aromatic carbocycles. The first-order valence-electron chi connectivity index (χ1n) is 4.96. The molecule has 0 atom stereocenters. The van der Waals surface area contributed by atoms with E-state index < -0.39 is 0 Å².